The topological polar surface area (TPSA) is 44.7 Å². The average Bonchev–Trinajstić information content (AvgIpc) is 2.37. The van der Waals surface area contributed by atoms with Crippen LogP contribution in [0, 0.1) is 5.92 Å². The summed E-state index contributed by atoms with van der Waals surface area (Å²) in [6, 6.07) is 0.562. The van der Waals surface area contributed by atoms with Crippen LogP contribution in [0.4, 0.5) is 0 Å². The van der Waals surface area contributed by atoms with Gasteiger partial charge in [0.15, 0.2) is 0 Å². The first kappa shape index (κ1) is 16.9. The van der Waals surface area contributed by atoms with Crippen LogP contribution in [0.5, 0.6) is 0 Å². The van der Waals surface area contributed by atoms with E-state index in [0.717, 1.165) is 32.0 Å². The van der Waals surface area contributed by atoms with Crippen LogP contribution in [0.1, 0.15) is 39.5 Å². The van der Waals surface area contributed by atoms with Crippen molar-refractivity contribution in [3.63, 3.8) is 0 Å². The molecular weight excluding hydrogens is 240 g/mol. The molecule has 0 radical (unpaired) electrons. The maximum atomic E-state index is 9.84. The normalized spacial score (nSPS) is 20.1. The third kappa shape index (κ3) is 8.58. The Kier molecular flexibility index (Phi) is 8.62. The van der Waals surface area contributed by atoms with E-state index < -0.39 is 0 Å². The summed E-state index contributed by atoms with van der Waals surface area (Å²) in [7, 11) is 2.16. The fraction of sp³-hybridized carbons (Fsp3) is 1.00. The van der Waals surface area contributed by atoms with Gasteiger partial charge >= 0.3 is 0 Å². The van der Waals surface area contributed by atoms with E-state index in [0.29, 0.717) is 19.2 Å². The first-order valence-electron chi connectivity index (χ1n) is 7.75. The van der Waals surface area contributed by atoms with Crippen molar-refractivity contribution in [2.24, 2.45) is 5.92 Å². The fourth-order valence-corrected chi connectivity index (χ4v) is 2.39. The zero-order chi connectivity index (χ0) is 14.1. The Balaban J connectivity index is 1.94. The van der Waals surface area contributed by atoms with Crippen LogP contribution in [-0.2, 0) is 4.74 Å². The molecule has 0 aromatic heterocycles. The number of aliphatic hydroxyl groups is 1. The molecule has 0 amide bonds. The Hall–Kier alpha value is -0.160. The molecule has 1 fully saturated rings. The number of nitrogens with zero attached hydrogens (tertiary/aromatic N) is 1. The summed E-state index contributed by atoms with van der Waals surface area (Å²) in [6.45, 7) is 8.62. The number of likely N-dealkylation sites (tertiary alicyclic amines) is 1. The average molecular weight is 272 g/mol. The predicted octanol–water partition coefficient (Wildman–Crippen LogP) is 1.48. The van der Waals surface area contributed by atoms with Gasteiger partial charge in [0.25, 0.3) is 0 Å². The summed E-state index contributed by atoms with van der Waals surface area (Å²) in [5, 5.41) is 13.3. The molecule has 0 spiro atoms. The Morgan fingerprint density at radius 1 is 1.32 bits per heavy atom. The van der Waals surface area contributed by atoms with Gasteiger partial charge in [-0.05, 0) is 51.7 Å². The highest BCUT2D eigenvalue weighted by molar-refractivity contribution is 4.76. The van der Waals surface area contributed by atoms with Gasteiger partial charge in [0, 0.05) is 19.2 Å². The minimum atomic E-state index is -0.376. The number of rotatable bonds is 9. The van der Waals surface area contributed by atoms with Gasteiger partial charge in [0.05, 0.1) is 12.7 Å². The van der Waals surface area contributed by atoms with Crippen LogP contribution in [0.25, 0.3) is 0 Å². The summed E-state index contributed by atoms with van der Waals surface area (Å²) in [6.07, 6.45) is 4.27. The lowest BCUT2D eigenvalue weighted by Crippen LogP contribution is -2.44. The molecule has 1 saturated heterocycles. The Morgan fingerprint density at radius 2 is 2.00 bits per heavy atom. The second-order valence-electron chi connectivity index (χ2n) is 6.25. The van der Waals surface area contributed by atoms with Crippen LogP contribution < -0.4 is 5.32 Å². The quantitative estimate of drug-likeness (QED) is 0.624. The van der Waals surface area contributed by atoms with Crippen molar-refractivity contribution >= 4 is 0 Å². The SMILES string of the molecule is CC(C)CCCOCC(O)CNC1CCN(C)CC1. The van der Waals surface area contributed by atoms with Crippen molar-refractivity contribution < 1.29 is 9.84 Å². The highest BCUT2D eigenvalue weighted by Gasteiger charge is 2.16. The molecule has 0 bridgehead atoms. The third-order valence-electron chi connectivity index (χ3n) is 3.74. The molecule has 114 valence electrons. The number of nitrogens with one attached hydrogen (secondary N) is 1. The highest BCUT2D eigenvalue weighted by Crippen LogP contribution is 2.08. The molecule has 4 nitrogen and oxygen atoms in total. The number of piperidine rings is 1. The molecule has 1 heterocycles. The number of ether oxygens (including phenoxy) is 1. The molecule has 1 aliphatic rings. The molecule has 2 N–H and O–H groups in total. The van der Waals surface area contributed by atoms with E-state index in [1.165, 1.54) is 19.3 Å². The first-order chi connectivity index (χ1) is 9.08. The molecule has 0 saturated carbocycles. The van der Waals surface area contributed by atoms with Gasteiger partial charge in [-0.25, -0.2) is 0 Å². The van der Waals surface area contributed by atoms with Crippen molar-refractivity contribution in [1.82, 2.24) is 10.2 Å². The number of aliphatic hydroxyl groups excluding tert-OH is 1. The van der Waals surface area contributed by atoms with Crippen molar-refractivity contribution in [3.8, 4) is 0 Å². The number of hydrogen-bond donors (Lipinski definition) is 2. The molecule has 0 aliphatic carbocycles. The first-order valence-corrected chi connectivity index (χ1v) is 7.75. The van der Waals surface area contributed by atoms with E-state index in [1.807, 2.05) is 0 Å². The summed E-state index contributed by atoms with van der Waals surface area (Å²) in [5.74, 6) is 0.736. The monoisotopic (exact) mass is 272 g/mol. The lowest BCUT2D eigenvalue weighted by molar-refractivity contribution is 0.0323. The van der Waals surface area contributed by atoms with E-state index in [-0.39, 0.29) is 6.10 Å². The van der Waals surface area contributed by atoms with E-state index in [4.69, 9.17) is 4.74 Å². The summed E-state index contributed by atoms with van der Waals surface area (Å²) in [5.41, 5.74) is 0. The molecule has 4 heteroatoms. The van der Waals surface area contributed by atoms with Crippen LogP contribution in [0.15, 0.2) is 0 Å². The maximum Gasteiger partial charge on any atom is 0.0897 e. The highest BCUT2D eigenvalue weighted by atomic mass is 16.5. The van der Waals surface area contributed by atoms with Crippen molar-refractivity contribution in [2.75, 3.05) is 39.9 Å². The van der Waals surface area contributed by atoms with Crippen LogP contribution in [0.3, 0.4) is 0 Å². The Bertz CT molecular complexity index is 216. The summed E-state index contributed by atoms with van der Waals surface area (Å²) in [4.78, 5) is 2.35. The Morgan fingerprint density at radius 3 is 2.63 bits per heavy atom. The van der Waals surface area contributed by atoms with Gasteiger partial charge in [0.1, 0.15) is 0 Å². The molecule has 19 heavy (non-hydrogen) atoms. The second kappa shape index (κ2) is 9.70. The molecule has 1 aliphatic heterocycles. The van der Waals surface area contributed by atoms with Crippen molar-refractivity contribution in [3.05, 3.63) is 0 Å². The summed E-state index contributed by atoms with van der Waals surface area (Å²) < 4.78 is 5.50. The van der Waals surface area contributed by atoms with Gasteiger partial charge in [-0.1, -0.05) is 13.8 Å². The summed E-state index contributed by atoms with van der Waals surface area (Å²) >= 11 is 0. The van der Waals surface area contributed by atoms with Crippen molar-refractivity contribution in [1.29, 1.82) is 0 Å². The van der Waals surface area contributed by atoms with E-state index in [1.54, 1.807) is 0 Å². The largest absolute Gasteiger partial charge is 0.389 e. The van der Waals surface area contributed by atoms with Gasteiger partial charge in [0.2, 0.25) is 0 Å². The standard InChI is InChI=1S/C15H32N2O2/c1-13(2)5-4-10-19-12-15(18)11-16-14-6-8-17(3)9-7-14/h13-16,18H,4-12H2,1-3H3. The molecule has 1 atom stereocenters. The molecule has 0 aromatic rings. The zero-order valence-electron chi connectivity index (χ0n) is 12.9. The van der Waals surface area contributed by atoms with Gasteiger partial charge < -0.3 is 20.1 Å². The van der Waals surface area contributed by atoms with Gasteiger partial charge in [-0.2, -0.15) is 0 Å². The van der Waals surface area contributed by atoms with Gasteiger partial charge in [-0.3, -0.25) is 0 Å². The van der Waals surface area contributed by atoms with Gasteiger partial charge in [-0.15, -0.1) is 0 Å². The number of hydrogen-bond acceptors (Lipinski definition) is 4. The van der Waals surface area contributed by atoms with Crippen LogP contribution in [0.2, 0.25) is 0 Å². The maximum absolute atomic E-state index is 9.84. The molecule has 0 aromatic carbocycles. The third-order valence-corrected chi connectivity index (χ3v) is 3.74. The minimum Gasteiger partial charge on any atom is -0.389 e. The van der Waals surface area contributed by atoms with Crippen LogP contribution in [-0.4, -0.2) is 62.0 Å². The minimum absolute atomic E-state index is 0.376. The van der Waals surface area contributed by atoms with Crippen molar-refractivity contribution in [2.45, 2.75) is 51.7 Å². The van der Waals surface area contributed by atoms with Crippen LogP contribution >= 0.6 is 0 Å². The Labute approximate surface area is 118 Å². The second-order valence-corrected chi connectivity index (χ2v) is 6.25. The molecule has 1 unspecified atom stereocenters. The van der Waals surface area contributed by atoms with E-state index >= 15 is 0 Å². The van der Waals surface area contributed by atoms with E-state index in [2.05, 4.69) is 31.1 Å². The smallest absolute Gasteiger partial charge is 0.0897 e. The zero-order valence-corrected chi connectivity index (χ0v) is 12.9. The molecule has 1 rings (SSSR count). The lowest BCUT2D eigenvalue weighted by Gasteiger charge is -2.30. The molecular formula is C15H32N2O2. The lowest BCUT2D eigenvalue weighted by atomic mass is 10.1. The fourth-order valence-electron chi connectivity index (χ4n) is 2.39. The predicted molar refractivity (Wildman–Crippen MR) is 79.4 cm³/mol. The van der Waals surface area contributed by atoms with E-state index in [9.17, 15) is 5.11 Å².